The molecule has 0 atom stereocenters. The van der Waals surface area contributed by atoms with Crippen molar-refractivity contribution in [2.75, 3.05) is 26.1 Å². The number of ether oxygens (including phenoxy) is 4. The summed E-state index contributed by atoms with van der Waals surface area (Å²) in [5.74, 6) is 2.29. The average Bonchev–Trinajstić information content (AvgIpc) is 2.93. The fraction of sp³-hybridized carbons (Fsp3) is 0.167. The van der Waals surface area contributed by atoms with Gasteiger partial charge in [-0.1, -0.05) is 42.5 Å². The van der Waals surface area contributed by atoms with E-state index >= 15 is 0 Å². The second kappa shape index (κ2) is 11.8. The molecule has 0 radical (unpaired) electrons. The Kier molecular flexibility index (Phi) is 8.08. The minimum atomic E-state index is -0.251. The number of carbonyl (C=O) groups is 1. The largest absolute Gasteiger partial charge is 0.493 e. The Morgan fingerprint density at radius 1 is 0.722 bits per heavy atom. The normalized spacial score (nSPS) is 10.4. The van der Waals surface area contributed by atoms with E-state index in [0.29, 0.717) is 35.1 Å². The van der Waals surface area contributed by atoms with Gasteiger partial charge in [0.05, 0.1) is 20.8 Å². The van der Waals surface area contributed by atoms with Gasteiger partial charge in [-0.25, -0.2) is 0 Å². The van der Waals surface area contributed by atoms with Crippen molar-refractivity contribution in [2.24, 2.45) is 0 Å². The van der Waals surface area contributed by atoms with Crippen molar-refractivity contribution >= 4 is 11.6 Å². The molecule has 6 heteroatoms. The molecule has 0 unspecified atom stereocenters. The molecule has 0 aliphatic carbocycles. The van der Waals surface area contributed by atoms with E-state index in [1.807, 2.05) is 49.4 Å². The lowest BCUT2D eigenvalue weighted by molar-refractivity contribution is 0.102. The van der Waals surface area contributed by atoms with Crippen LogP contribution in [0.1, 0.15) is 22.8 Å². The molecule has 6 nitrogen and oxygen atoms in total. The van der Waals surface area contributed by atoms with Crippen LogP contribution in [0.25, 0.3) is 11.1 Å². The summed E-state index contributed by atoms with van der Waals surface area (Å²) in [7, 11) is 3.12. The Hall–Kier alpha value is -4.45. The molecular weight excluding hydrogens is 454 g/mol. The number of hydrogen-bond donors (Lipinski definition) is 1. The lowest BCUT2D eigenvalue weighted by atomic mass is 10.1. The molecular formula is C30H29NO5. The van der Waals surface area contributed by atoms with Crippen LogP contribution < -0.4 is 24.3 Å². The molecule has 4 aromatic carbocycles. The molecule has 0 fully saturated rings. The first-order chi connectivity index (χ1) is 17.6. The highest BCUT2D eigenvalue weighted by Gasteiger charge is 2.13. The van der Waals surface area contributed by atoms with E-state index in [1.54, 1.807) is 50.6 Å². The minimum Gasteiger partial charge on any atom is -0.493 e. The molecule has 0 saturated heterocycles. The van der Waals surface area contributed by atoms with Gasteiger partial charge < -0.3 is 24.3 Å². The molecule has 1 amide bonds. The highest BCUT2D eigenvalue weighted by molar-refractivity contribution is 6.04. The Balaban J connectivity index is 1.48. The number of methoxy groups -OCH3 is 2. The molecule has 0 aliphatic heterocycles. The first kappa shape index (κ1) is 24.7. The molecule has 0 aromatic heterocycles. The lowest BCUT2D eigenvalue weighted by Gasteiger charge is -2.14. The van der Waals surface area contributed by atoms with Crippen LogP contribution in [0.2, 0.25) is 0 Å². The number of anilines is 1. The van der Waals surface area contributed by atoms with E-state index in [9.17, 15) is 4.79 Å². The summed E-state index contributed by atoms with van der Waals surface area (Å²) in [5, 5.41) is 2.90. The van der Waals surface area contributed by atoms with Crippen LogP contribution in [0.5, 0.6) is 23.0 Å². The van der Waals surface area contributed by atoms with Crippen LogP contribution >= 0.6 is 0 Å². The standard InChI is InChI=1S/C30H29NO5/c1-4-35-27-16-12-23(30(32)31-25-13-17-28(33-2)29(19-25)34-3)18-24(27)20-36-26-14-10-22(11-15-26)21-8-6-5-7-9-21/h5-19H,4,20H2,1-3H3,(H,31,32). The SMILES string of the molecule is CCOc1ccc(C(=O)Nc2ccc(OC)c(OC)c2)cc1COc1ccc(-c2ccccc2)cc1. The number of carbonyl (C=O) groups excluding carboxylic acids is 1. The molecule has 0 heterocycles. The zero-order valence-electron chi connectivity index (χ0n) is 20.6. The first-order valence-electron chi connectivity index (χ1n) is 11.7. The van der Waals surface area contributed by atoms with Gasteiger partial charge in [-0.15, -0.1) is 0 Å². The third-order valence-corrected chi connectivity index (χ3v) is 5.62. The van der Waals surface area contributed by atoms with Crippen LogP contribution in [0.3, 0.4) is 0 Å². The van der Waals surface area contributed by atoms with Gasteiger partial charge in [0, 0.05) is 22.9 Å². The highest BCUT2D eigenvalue weighted by Crippen LogP contribution is 2.30. The van der Waals surface area contributed by atoms with Crippen LogP contribution in [0.15, 0.2) is 91.0 Å². The molecule has 36 heavy (non-hydrogen) atoms. The number of nitrogens with one attached hydrogen (secondary N) is 1. The second-order valence-electron chi connectivity index (χ2n) is 7.96. The number of hydrogen-bond acceptors (Lipinski definition) is 5. The van der Waals surface area contributed by atoms with Crippen LogP contribution in [-0.2, 0) is 6.61 Å². The van der Waals surface area contributed by atoms with Crippen molar-refractivity contribution < 1.29 is 23.7 Å². The quantitative estimate of drug-likeness (QED) is 0.275. The summed E-state index contributed by atoms with van der Waals surface area (Å²) < 4.78 is 22.4. The summed E-state index contributed by atoms with van der Waals surface area (Å²) >= 11 is 0. The topological polar surface area (TPSA) is 66.0 Å². The molecule has 184 valence electrons. The molecule has 4 aromatic rings. The van der Waals surface area contributed by atoms with Gasteiger partial charge in [-0.05, 0) is 60.5 Å². The fourth-order valence-corrected chi connectivity index (χ4v) is 3.78. The average molecular weight is 484 g/mol. The summed E-state index contributed by atoms with van der Waals surface area (Å²) in [6.07, 6.45) is 0. The Bertz CT molecular complexity index is 1300. The monoisotopic (exact) mass is 483 g/mol. The third-order valence-electron chi connectivity index (χ3n) is 5.62. The Labute approximate surface area is 211 Å². The van der Waals surface area contributed by atoms with Gasteiger partial charge in [0.25, 0.3) is 5.91 Å². The van der Waals surface area contributed by atoms with E-state index in [1.165, 1.54) is 0 Å². The Morgan fingerprint density at radius 2 is 1.42 bits per heavy atom. The van der Waals surface area contributed by atoms with Crippen molar-refractivity contribution in [1.82, 2.24) is 0 Å². The Morgan fingerprint density at radius 3 is 2.11 bits per heavy atom. The van der Waals surface area contributed by atoms with Crippen molar-refractivity contribution in [3.8, 4) is 34.1 Å². The number of rotatable bonds is 10. The summed E-state index contributed by atoms with van der Waals surface area (Å²) in [6.45, 7) is 2.69. The van der Waals surface area contributed by atoms with Gasteiger partial charge in [0.1, 0.15) is 18.1 Å². The maximum atomic E-state index is 13.0. The highest BCUT2D eigenvalue weighted by atomic mass is 16.5. The van der Waals surface area contributed by atoms with Gasteiger partial charge in [0.15, 0.2) is 11.5 Å². The van der Waals surface area contributed by atoms with Gasteiger partial charge in [0.2, 0.25) is 0 Å². The minimum absolute atomic E-state index is 0.251. The summed E-state index contributed by atoms with van der Waals surface area (Å²) in [6, 6.07) is 28.7. The van der Waals surface area contributed by atoms with Crippen molar-refractivity contribution in [3.63, 3.8) is 0 Å². The zero-order chi connectivity index (χ0) is 25.3. The van der Waals surface area contributed by atoms with E-state index in [-0.39, 0.29) is 12.5 Å². The smallest absolute Gasteiger partial charge is 0.255 e. The predicted octanol–water partition coefficient (Wildman–Crippen LogP) is 6.60. The van der Waals surface area contributed by atoms with E-state index in [4.69, 9.17) is 18.9 Å². The molecule has 0 saturated carbocycles. The fourth-order valence-electron chi connectivity index (χ4n) is 3.78. The predicted molar refractivity (Wildman–Crippen MR) is 141 cm³/mol. The molecule has 0 bridgehead atoms. The van der Waals surface area contributed by atoms with Crippen LogP contribution in [0, 0.1) is 0 Å². The molecule has 0 spiro atoms. The lowest BCUT2D eigenvalue weighted by Crippen LogP contribution is -2.13. The zero-order valence-corrected chi connectivity index (χ0v) is 20.6. The summed E-state index contributed by atoms with van der Waals surface area (Å²) in [5.41, 5.74) is 4.14. The van der Waals surface area contributed by atoms with Gasteiger partial charge >= 0.3 is 0 Å². The molecule has 0 aliphatic rings. The first-order valence-corrected chi connectivity index (χ1v) is 11.7. The molecule has 1 N–H and O–H groups in total. The van der Waals surface area contributed by atoms with E-state index in [0.717, 1.165) is 22.4 Å². The third kappa shape index (κ3) is 5.96. The van der Waals surface area contributed by atoms with Gasteiger partial charge in [-0.2, -0.15) is 0 Å². The summed E-state index contributed by atoms with van der Waals surface area (Å²) in [4.78, 5) is 13.0. The molecule has 4 rings (SSSR count). The number of amides is 1. The van der Waals surface area contributed by atoms with Crippen molar-refractivity contribution in [3.05, 3.63) is 102 Å². The van der Waals surface area contributed by atoms with Crippen molar-refractivity contribution in [1.29, 1.82) is 0 Å². The van der Waals surface area contributed by atoms with Crippen molar-refractivity contribution in [2.45, 2.75) is 13.5 Å². The van der Waals surface area contributed by atoms with E-state index < -0.39 is 0 Å². The van der Waals surface area contributed by atoms with E-state index in [2.05, 4.69) is 17.4 Å². The maximum Gasteiger partial charge on any atom is 0.255 e. The van der Waals surface area contributed by atoms with Crippen LogP contribution in [0.4, 0.5) is 5.69 Å². The second-order valence-corrected chi connectivity index (χ2v) is 7.96. The maximum absolute atomic E-state index is 13.0. The number of benzene rings is 4. The van der Waals surface area contributed by atoms with Crippen LogP contribution in [-0.4, -0.2) is 26.7 Å². The van der Waals surface area contributed by atoms with Gasteiger partial charge in [-0.3, -0.25) is 4.79 Å².